The lowest BCUT2D eigenvalue weighted by molar-refractivity contribution is 0.0593. The Labute approximate surface area is 137 Å². The molecule has 0 atom stereocenters. The molecule has 1 aromatic carbocycles. The molecule has 3 N–H and O–H groups in total. The number of sulfonamides is 1. The first-order valence-corrected chi connectivity index (χ1v) is 8.34. The topological polar surface area (TPSA) is 127 Å². The summed E-state index contributed by atoms with van der Waals surface area (Å²) in [5.74, 6) is -1.53. The largest absolute Gasteiger partial charge is 0.464 e. The lowest BCUT2D eigenvalue weighted by Crippen LogP contribution is -2.15. The molecule has 126 valence electrons. The molecule has 0 radical (unpaired) electrons. The van der Waals surface area contributed by atoms with Crippen molar-refractivity contribution in [3.8, 4) is 11.8 Å². The van der Waals surface area contributed by atoms with Crippen molar-refractivity contribution in [1.82, 2.24) is 4.57 Å². The Bertz CT molecular complexity index is 960. The van der Waals surface area contributed by atoms with Crippen molar-refractivity contribution in [2.45, 2.75) is 0 Å². The van der Waals surface area contributed by atoms with Gasteiger partial charge in [0.1, 0.15) is 11.9 Å². The Hall–Kier alpha value is -3.06. The average molecular weight is 352 g/mol. The van der Waals surface area contributed by atoms with Crippen molar-refractivity contribution >= 4 is 27.4 Å². The van der Waals surface area contributed by atoms with Crippen LogP contribution in [0.1, 0.15) is 16.1 Å². The average Bonchev–Trinajstić information content (AvgIpc) is 2.83. The van der Waals surface area contributed by atoms with Crippen LogP contribution in [0.2, 0.25) is 0 Å². The number of benzene rings is 1. The third-order valence-corrected chi connectivity index (χ3v) is 3.65. The Balaban J connectivity index is 2.79. The van der Waals surface area contributed by atoms with E-state index in [-0.39, 0.29) is 28.3 Å². The Morgan fingerprint density at radius 1 is 1.46 bits per heavy atom. The molecule has 2 aromatic rings. The highest BCUT2D eigenvalue weighted by molar-refractivity contribution is 7.92. The molecule has 0 aliphatic heterocycles. The number of hydrogen-bond donors (Lipinski definition) is 2. The summed E-state index contributed by atoms with van der Waals surface area (Å²) >= 11 is 0. The molecule has 8 nitrogen and oxygen atoms in total. The maximum Gasteiger partial charge on any atom is 0.357 e. The van der Waals surface area contributed by atoms with E-state index in [1.165, 1.54) is 12.3 Å². The quantitative estimate of drug-likeness (QED) is 0.797. The van der Waals surface area contributed by atoms with Crippen LogP contribution in [0.15, 0.2) is 24.4 Å². The predicted octanol–water partition coefficient (Wildman–Crippen LogP) is 1.23. The summed E-state index contributed by atoms with van der Waals surface area (Å²) < 4.78 is 44.6. The van der Waals surface area contributed by atoms with Crippen molar-refractivity contribution in [3.05, 3.63) is 41.5 Å². The van der Waals surface area contributed by atoms with E-state index in [0.29, 0.717) is 0 Å². The van der Waals surface area contributed by atoms with Gasteiger partial charge in [0.05, 0.1) is 36.0 Å². The Morgan fingerprint density at radius 3 is 2.67 bits per heavy atom. The van der Waals surface area contributed by atoms with Crippen LogP contribution >= 0.6 is 0 Å². The molecular weight excluding hydrogens is 339 g/mol. The number of nitrogens with one attached hydrogen (secondary N) is 1. The van der Waals surface area contributed by atoms with Gasteiger partial charge in [-0.05, 0) is 12.1 Å². The fraction of sp³-hybridized carbons (Fsp3) is 0.143. The van der Waals surface area contributed by atoms with Gasteiger partial charge in [-0.25, -0.2) is 17.6 Å². The van der Waals surface area contributed by atoms with Gasteiger partial charge >= 0.3 is 5.97 Å². The molecule has 0 spiro atoms. The predicted molar refractivity (Wildman–Crippen MR) is 84.7 cm³/mol. The number of carbonyl (C=O) groups excluding carboxylic acids is 1. The summed E-state index contributed by atoms with van der Waals surface area (Å²) in [7, 11) is -2.55. The number of hydrogen-bond acceptors (Lipinski definition) is 6. The van der Waals surface area contributed by atoms with Crippen molar-refractivity contribution in [3.63, 3.8) is 0 Å². The van der Waals surface area contributed by atoms with Gasteiger partial charge in [0.15, 0.2) is 5.69 Å². The minimum Gasteiger partial charge on any atom is -0.464 e. The normalized spacial score (nSPS) is 10.9. The number of methoxy groups -OCH3 is 1. The van der Waals surface area contributed by atoms with Gasteiger partial charge < -0.3 is 15.0 Å². The van der Waals surface area contributed by atoms with Crippen LogP contribution in [0, 0.1) is 17.1 Å². The number of anilines is 2. The first-order valence-electron chi connectivity index (χ1n) is 6.45. The van der Waals surface area contributed by atoms with Crippen LogP contribution in [0.3, 0.4) is 0 Å². The van der Waals surface area contributed by atoms with Crippen LogP contribution in [0.25, 0.3) is 5.69 Å². The van der Waals surface area contributed by atoms with Crippen LogP contribution < -0.4 is 10.5 Å². The van der Waals surface area contributed by atoms with Crippen LogP contribution in [0.4, 0.5) is 15.8 Å². The van der Waals surface area contributed by atoms with Gasteiger partial charge in [-0.3, -0.25) is 4.72 Å². The standard InChI is InChI=1S/C14H13FN4O4S/c1-23-14(20)13-12(17)8(6-16)7-19(13)11-5-9(15)3-4-10(11)18-24(2,21)22/h3-5,7,18H,17H2,1-2H3. The second-order valence-corrected chi connectivity index (χ2v) is 6.56. The SMILES string of the molecule is COC(=O)c1c(N)c(C#N)cn1-c1cc(F)ccc1NS(C)(=O)=O. The second-order valence-electron chi connectivity index (χ2n) is 4.81. The third kappa shape index (κ3) is 3.31. The molecule has 0 amide bonds. The number of carbonyl (C=O) groups is 1. The first kappa shape index (κ1) is 17.3. The molecule has 0 unspecified atom stereocenters. The van der Waals surface area contributed by atoms with Crippen LogP contribution in [0.5, 0.6) is 0 Å². The molecular formula is C14H13FN4O4S. The highest BCUT2D eigenvalue weighted by Gasteiger charge is 2.23. The molecule has 24 heavy (non-hydrogen) atoms. The number of nitriles is 1. The molecule has 0 saturated heterocycles. The van der Waals surface area contributed by atoms with E-state index in [1.54, 1.807) is 6.07 Å². The number of ether oxygens (including phenoxy) is 1. The van der Waals surface area contributed by atoms with Gasteiger partial charge in [-0.2, -0.15) is 5.26 Å². The van der Waals surface area contributed by atoms with E-state index in [4.69, 9.17) is 11.0 Å². The number of aromatic nitrogens is 1. The third-order valence-electron chi connectivity index (χ3n) is 3.06. The monoisotopic (exact) mass is 352 g/mol. The van der Waals surface area contributed by atoms with Gasteiger partial charge in [0, 0.05) is 12.3 Å². The van der Waals surface area contributed by atoms with Gasteiger partial charge in [0.25, 0.3) is 0 Å². The zero-order valence-corrected chi connectivity index (χ0v) is 13.5. The molecule has 0 aliphatic rings. The smallest absolute Gasteiger partial charge is 0.357 e. The fourth-order valence-corrected chi connectivity index (χ4v) is 2.67. The van der Waals surface area contributed by atoms with Crippen LogP contribution in [-0.4, -0.2) is 32.3 Å². The zero-order chi connectivity index (χ0) is 18.1. The molecule has 0 bridgehead atoms. The Kier molecular flexibility index (Phi) is 4.48. The lowest BCUT2D eigenvalue weighted by atomic mass is 10.2. The highest BCUT2D eigenvalue weighted by atomic mass is 32.2. The van der Waals surface area contributed by atoms with Crippen LogP contribution in [-0.2, 0) is 14.8 Å². The van der Waals surface area contributed by atoms with Gasteiger partial charge in [-0.1, -0.05) is 0 Å². The molecule has 0 aliphatic carbocycles. The molecule has 0 fully saturated rings. The zero-order valence-electron chi connectivity index (χ0n) is 12.7. The highest BCUT2D eigenvalue weighted by Crippen LogP contribution is 2.29. The number of rotatable bonds is 4. The number of nitrogens with two attached hydrogens (primary N) is 1. The number of nitrogen functional groups attached to an aromatic ring is 1. The van der Waals surface area contributed by atoms with Gasteiger partial charge in [-0.15, -0.1) is 0 Å². The fourth-order valence-electron chi connectivity index (χ4n) is 2.09. The first-order chi connectivity index (χ1) is 11.2. The van der Waals surface area contributed by atoms with E-state index in [9.17, 15) is 17.6 Å². The molecule has 1 aromatic heterocycles. The van der Waals surface area contributed by atoms with Crippen molar-refractivity contribution in [2.24, 2.45) is 0 Å². The summed E-state index contributed by atoms with van der Waals surface area (Å²) in [5, 5.41) is 9.09. The lowest BCUT2D eigenvalue weighted by Gasteiger charge is -2.14. The number of nitrogens with zero attached hydrogens (tertiary/aromatic N) is 2. The van der Waals surface area contributed by atoms with E-state index in [0.717, 1.165) is 30.1 Å². The van der Waals surface area contributed by atoms with E-state index < -0.39 is 21.8 Å². The Morgan fingerprint density at radius 2 is 2.12 bits per heavy atom. The minimum absolute atomic E-state index is 0.00328. The van der Waals surface area contributed by atoms with E-state index in [1.807, 2.05) is 0 Å². The summed E-state index contributed by atoms with van der Waals surface area (Å²) in [5.41, 5.74) is 5.35. The van der Waals surface area contributed by atoms with Gasteiger partial charge in [0.2, 0.25) is 10.0 Å². The van der Waals surface area contributed by atoms with E-state index in [2.05, 4.69) is 9.46 Å². The summed E-state index contributed by atoms with van der Waals surface area (Å²) in [6.45, 7) is 0. The molecule has 0 saturated carbocycles. The summed E-state index contributed by atoms with van der Waals surface area (Å²) in [4.78, 5) is 12.0. The maximum atomic E-state index is 13.7. The summed E-state index contributed by atoms with van der Waals surface area (Å²) in [6, 6.07) is 5.04. The van der Waals surface area contributed by atoms with E-state index >= 15 is 0 Å². The summed E-state index contributed by atoms with van der Waals surface area (Å²) in [6.07, 6.45) is 2.12. The van der Waals surface area contributed by atoms with Crippen molar-refractivity contribution in [2.75, 3.05) is 23.8 Å². The maximum absolute atomic E-state index is 13.7. The van der Waals surface area contributed by atoms with Crippen molar-refractivity contribution < 1.29 is 22.3 Å². The number of esters is 1. The van der Waals surface area contributed by atoms with Crippen molar-refractivity contribution in [1.29, 1.82) is 5.26 Å². The number of halogens is 1. The second kappa shape index (κ2) is 6.21. The molecule has 1 heterocycles. The molecule has 10 heteroatoms. The molecule has 2 rings (SSSR count). The minimum atomic E-state index is -3.67.